The highest BCUT2D eigenvalue weighted by molar-refractivity contribution is 7.20. The Morgan fingerprint density at radius 2 is 1.85 bits per heavy atom. The fraction of sp³-hybridized carbons (Fsp3) is 0.263. The van der Waals surface area contributed by atoms with Crippen LogP contribution in [0.2, 0.25) is 0 Å². The number of benzene rings is 1. The van der Waals surface area contributed by atoms with E-state index in [9.17, 15) is 4.79 Å². The zero-order valence-electron chi connectivity index (χ0n) is 14.5. The van der Waals surface area contributed by atoms with Crippen molar-refractivity contribution in [3.05, 3.63) is 52.9 Å². The van der Waals surface area contributed by atoms with Gasteiger partial charge in [-0.3, -0.25) is 4.79 Å². The second kappa shape index (κ2) is 7.57. The molecular formula is C19H20N4OS2. The molecule has 0 saturated carbocycles. The number of carbonyl (C=O) groups excluding carboxylic acids is 1. The summed E-state index contributed by atoms with van der Waals surface area (Å²) in [6, 6.07) is 12.1. The lowest BCUT2D eigenvalue weighted by Gasteiger charge is -2.34. The van der Waals surface area contributed by atoms with Gasteiger partial charge in [-0.15, -0.1) is 22.7 Å². The molecule has 0 bridgehead atoms. The second-order valence-electron chi connectivity index (χ2n) is 6.31. The molecule has 134 valence electrons. The minimum Gasteiger partial charge on any atom is -0.369 e. The first kappa shape index (κ1) is 17.2. The number of hydrogen-bond acceptors (Lipinski definition) is 6. The molecular weight excluding hydrogens is 364 g/mol. The van der Waals surface area contributed by atoms with E-state index in [1.165, 1.54) is 17.0 Å². The third kappa shape index (κ3) is 3.80. The average Bonchev–Trinajstić information content (AvgIpc) is 3.35. The van der Waals surface area contributed by atoms with Crippen LogP contribution in [-0.4, -0.2) is 49.0 Å². The molecule has 2 aromatic heterocycles. The van der Waals surface area contributed by atoms with Crippen LogP contribution in [0, 0.1) is 0 Å². The fourth-order valence-electron chi connectivity index (χ4n) is 2.91. The van der Waals surface area contributed by atoms with Crippen molar-refractivity contribution in [1.29, 1.82) is 0 Å². The van der Waals surface area contributed by atoms with E-state index in [4.69, 9.17) is 0 Å². The van der Waals surface area contributed by atoms with Crippen LogP contribution >= 0.6 is 22.7 Å². The Kier molecular flexibility index (Phi) is 5.01. The molecule has 4 rings (SSSR count). The normalized spacial score (nSPS) is 15.2. The van der Waals surface area contributed by atoms with Crippen LogP contribution < -0.4 is 10.2 Å². The van der Waals surface area contributed by atoms with Gasteiger partial charge in [-0.2, -0.15) is 0 Å². The van der Waals surface area contributed by atoms with Crippen molar-refractivity contribution in [2.75, 3.05) is 43.4 Å². The Morgan fingerprint density at radius 3 is 2.54 bits per heavy atom. The number of anilines is 2. The fourth-order valence-corrected chi connectivity index (χ4v) is 4.52. The molecule has 1 aliphatic rings. The number of carbonyl (C=O) groups is 1. The van der Waals surface area contributed by atoms with Crippen LogP contribution in [-0.2, 0) is 0 Å². The molecule has 0 aliphatic carbocycles. The molecule has 1 N–H and O–H groups in total. The van der Waals surface area contributed by atoms with Crippen molar-refractivity contribution in [2.45, 2.75) is 0 Å². The Bertz CT molecular complexity index is 865. The zero-order chi connectivity index (χ0) is 17.9. The first-order valence-corrected chi connectivity index (χ1v) is 10.3. The van der Waals surface area contributed by atoms with Crippen LogP contribution in [0.25, 0.3) is 9.88 Å². The SMILES string of the molecule is CN1CCN(c2ccc(NC(=O)c3csc(-c4cccs4)n3)cc2)CC1. The maximum Gasteiger partial charge on any atom is 0.275 e. The van der Waals surface area contributed by atoms with Crippen molar-refractivity contribution in [3.8, 4) is 9.88 Å². The van der Waals surface area contributed by atoms with E-state index in [2.05, 4.69) is 39.3 Å². The summed E-state index contributed by atoms with van der Waals surface area (Å²) in [5.74, 6) is -0.170. The predicted molar refractivity (Wildman–Crippen MR) is 110 cm³/mol. The third-order valence-corrected chi connectivity index (χ3v) is 6.34. The van der Waals surface area contributed by atoms with Crippen molar-refractivity contribution >= 4 is 40.0 Å². The highest BCUT2D eigenvalue weighted by Crippen LogP contribution is 2.28. The van der Waals surface area contributed by atoms with E-state index in [1.54, 1.807) is 11.3 Å². The molecule has 1 amide bonds. The van der Waals surface area contributed by atoms with Gasteiger partial charge in [0.2, 0.25) is 0 Å². The maximum atomic E-state index is 12.4. The Labute approximate surface area is 160 Å². The second-order valence-corrected chi connectivity index (χ2v) is 8.11. The smallest absolute Gasteiger partial charge is 0.275 e. The summed E-state index contributed by atoms with van der Waals surface area (Å²) < 4.78 is 0. The van der Waals surface area contributed by atoms with Gasteiger partial charge in [0.1, 0.15) is 10.7 Å². The van der Waals surface area contributed by atoms with Gasteiger partial charge in [-0.25, -0.2) is 4.98 Å². The number of thiophene rings is 1. The summed E-state index contributed by atoms with van der Waals surface area (Å²) in [4.78, 5) is 22.7. The van der Waals surface area contributed by atoms with Crippen molar-refractivity contribution < 1.29 is 4.79 Å². The van der Waals surface area contributed by atoms with E-state index in [0.717, 1.165) is 41.8 Å². The molecule has 0 spiro atoms. The van der Waals surface area contributed by atoms with Crippen LogP contribution in [0.5, 0.6) is 0 Å². The predicted octanol–water partition coefficient (Wildman–Crippen LogP) is 3.88. The molecule has 1 aromatic carbocycles. The molecule has 0 radical (unpaired) electrons. The summed E-state index contributed by atoms with van der Waals surface area (Å²) in [5, 5.41) is 7.64. The lowest BCUT2D eigenvalue weighted by atomic mass is 10.2. The van der Waals surface area contributed by atoms with Gasteiger partial charge >= 0.3 is 0 Å². The van der Waals surface area contributed by atoms with E-state index in [1.807, 2.05) is 35.0 Å². The van der Waals surface area contributed by atoms with Crippen LogP contribution in [0.1, 0.15) is 10.5 Å². The van der Waals surface area contributed by atoms with Gasteiger partial charge in [0.25, 0.3) is 5.91 Å². The zero-order valence-corrected chi connectivity index (χ0v) is 16.1. The number of nitrogens with zero attached hydrogens (tertiary/aromatic N) is 3. The molecule has 1 aliphatic heterocycles. The number of hydrogen-bond donors (Lipinski definition) is 1. The van der Waals surface area contributed by atoms with Crippen molar-refractivity contribution in [2.24, 2.45) is 0 Å². The van der Waals surface area contributed by atoms with Crippen molar-refractivity contribution in [3.63, 3.8) is 0 Å². The Morgan fingerprint density at radius 1 is 1.08 bits per heavy atom. The summed E-state index contributed by atoms with van der Waals surface area (Å²) >= 11 is 3.12. The standard InChI is InChI=1S/C19H20N4OS2/c1-22-8-10-23(11-9-22)15-6-4-14(5-7-15)20-18(24)16-13-26-19(21-16)17-3-2-12-25-17/h2-7,12-13H,8-11H2,1H3,(H,20,24). The summed E-state index contributed by atoms with van der Waals surface area (Å²) in [5.41, 5.74) is 2.45. The Hall–Kier alpha value is -2.22. The van der Waals surface area contributed by atoms with Gasteiger partial charge in [0.05, 0.1) is 4.88 Å². The van der Waals surface area contributed by atoms with Gasteiger partial charge < -0.3 is 15.1 Å². The van der Waals surface area contributed by atoms with Crippen LogP contribution in [0.3, 0.4) is 0 Å². The monoisotopic (exact) mass is 384 g/mol. The molecule has 3 heterocycles. The van der Waals surface area contributed by atoms with Crippen molar-refractivity contribution in [1.82, 2.24) is 9.88 Å². The number of amides is 1. The summed E-state index contributed by atoms with van der Waals surface area (Å²) in [7, 11) is 2.15. The highest BCUT2D eigenvalue weighted by Gasteiger charge is 2.15. The summed E-state index contributed by atoms with van der Waals surface area (Å²) in [6.07, 6.45) is 0. The topological polar surface area (TPSA) is 48.5 Å². The molecule has 26 heavy (non-hydrogen) atoms. The lowest BCUT2D eigenvalue weighted by Crippen LogP contribution is -2.44. The molecule has 0 atom stereocenters. The number of thiazole rings is 1. The minimum atomic E-state index is -0.170. The third-order valence-electron chi connectivity index (χ3n) is 4.46. The number of likely N-dealkylation sites (N-methyl/N-ethyl adjacent to an activating group) is 1. The van der Waals surface area contributed by atoms with Gasteiger partial charge in [-0.05, 0) is 42.8 Å². The van der Waals surface area contributed by atoms with Crippen LogP contribution in [0.15, 0.2) is 47.2 Å². The van der Waals surface area contributed by atoms with E-state index < -0.39 is 0 Å². The highest BCUT2D eigenvalue weighted by atomic mass is 32.1. The van der Waals surface area contributed by atoms with Gasteiger partial charge in [-0.1, -0.05) is 6.07 Å². The molecule has 5 nitrogen and oxygen atoms in total. The average molecular weight is 385 g/mol. The molecule has 1 fully saturated rings. The minimum absolute atomic E-state index is 0.170. The van der Waals surface area contributed by atoms with Crippen LogP contribution in [0.4, 0.5) is 11.4 Å². The van der Waals surface area contributed by atoms with E-state index in [-0.39, 0.29) is 5.91 Å². The number of piperazine rings is 1. The molecule has 3 aromatic rings. The van der Waals surface area contributed by atoms with Gasteiger partial charge in [0.15, 0.2) is 0 Å². The first-order chi connectivity index (χ1) is 12.7. The Balaban J connectivity index is 1.40. The molecule has 1 saturated heterocycles. The van der Waals surface area contributed by atoms with E-state index >= 15 is 0 Å². The summed E-state index contributed by atoms with van der Waals surface area (Å²) in [6.45, 7) is 4.23. The lowest BCUT2D eigenvalue weighted by molar-refractivity contribution is 0.102. The van der Waals surface area contributed by atoms with Gasteiger partial charge in [0, 0.05) is 42.9 Å². The molecule has 7 heteroatoms. The first-order valence-electron chi connectivity index (χ1n) is 8.53. The molecule has 0 unspecified atom stereocenters. The number of rotatable bonds is 4. The largest absolute Gasteiger partial charge is 0.369 e. The number of nitrogens with one attached hydrogen (secondary N) is 1. The maximum absolute atomic E-state index is 12.4. The quantitative estimate of drug-likeness (QED) is 0.742. The van der Waals surface area contributed by atoms with E-state index in [0.29, 0.717) is 5.69 Å². The number of aromatic nitrogens is 1.